The highest BCUT2D eigenvalue weighted by molar-refractivity contribution is 6.03. The Morgan fingerprint density at radius 3 is 2.52 bits per heavy atom. The summed E-state index contributed by atoms with van der Waals surface area (Å²) in [5, 5.41) is 6.24. The molecule has 16 heteroatoms. The second kappa shape index (κ2) is 20.2. The fourth-order valence-corrected chi connectivity index (χ4v) is 9.32. The summed E-state index contributed by atoms with van der Waals surface area (Å²) in [4.78, 5) is 68.5. The van der Waals surface area contributed by atoms with Crippen LogP contribution in [0.15, 0.2) is 41.3 Å². The van der Waals surface area contributed by atoms with Crippen molar-refractivity contribution in [3.8, 4) is 23.5 Å². The number of aryl methyl sites for hydroxylation is 2. The first-order chi connectivity index (χ1) is 30.4. The number of ether oxygens (including phenoxy) is 3. The standard InChI is InChI=1S/C47H58FN7O8/c1-5-32-36(51-45(59)42(32)48)27-63-46-34-24-40(61-4)35(43(49)57)23-33(34)31(25-50-46)15-13-28-9-11-30(12-10-28)26-53(2)19-7-21-62-20-6-8-29-14-16-37-39(22-29)54(3)47(60)55(37)38-17-18-41(56)52-44(38)58/h14,16,22-25,28,30,32,36,38,42H,5-12,17-21,26-27H2,1-4H3,(H2,49,57)(H,51,59)(H,52,56,58)/t28-,30-,32-,36+,38?,42-/m0/s1. The number of benzene rings is 2. The van der Waals surface area contributed by atoms with Gasteiger partial charge in [-0.2, -0.15) is 0 Å². The van der Waals surface area contributed by atoms with E-state index in [-0.39, 0.29) is 47.7 Å². The lowest BCUT2D eigenvalue weighted by Gasteiger charge is -2.29. The molecule has 1 unspecified atom stereocenters. The number of halogens is 1. The van der Waals surface area contributed by atoms with Crippen molar-refractivity contribution < 1.29 is 37.8 Å². The highest BCUT2D eigenvalue weighted by Crippen LogP contribution is 2.35. The van der Waals surface area contributed by atoms with E-state index in [9.17, 15) is 28.4 Å². The predicted octanol–water partition coefficient (Wildman–Crippen LogP) is 4.34. The number of carbonyl (C=O) groups is 4. The number of nitrogens with two attached hydrogens (primary N) is 1. The number of nitrogens with one attached hydrogen (secondary N) is 2. The van der Waals surface area contributed by atoms with Crippen molar-refractivity contribution in [1.29, 1.82) is 0 Å². The van der Waals surface area contributed by atoms with Crippen LogP contribution < -0.4 is 31.5 Å². The highest BCUT2D eigenvalue weighted by Gasteiger charge is 2.42. The van der Waals surface area contributed by atoms with Crippen molar-refractivity contribution >= 4 is 45.4 Å². The molecule has 4 atom stereocenters. The average Bonchev–Trinajstić information content (AvgIpc) is 3.69. The maximum atomic E-state index is 14.4. The van der Waals surface area contributed by atoms with Gasteiger partial charge in [-0.3, -0.25) is 33.6 Å². The predicted molar refractivity (Wildman–Crippen MR) is 235 cm³/mol. The number of imide groups is 1. The molecule has 3 fully saturated rings. The normalized spacial score (nSPS) is 22.5. The zero-order valence-corrected chi connectivity index (χ0v) is 36.5. The van der Waals surface area contributed by atoms with Gasteiger partial charge in [0.15, 0.2) is 6.17 Å². The number of methoxy groups -OCH3 is 1. The van der Waals surface area contributed by atoms with Crippen molar-refractivity contribution in [2.75, 3.05) is 47.1 Å². The van der Waals surface area contributed by atoms with Crippen LogP contribution in [-0.4, -0.2) is 102 Å². The monoisotopic (exact) mass is 867 g/mol. The number of primary amides is 1. The quantitative estimate of drug-likeness (QED) is 0.0783. The van der Waals surface area contributed by atoms with E-state index < -0.39 is 41.9 Å². The van der Waals surface area contributed by atoms with Crippen molar-refractivity contribution in [3.63, 3.8) is 0 Å². The minimum Gasteiger partial charge on any atom is -0.496 e. The van der Waals surface area contributed by atoms with Crippen LogP contribution in [-0.2, 0) is 32.6 Å². The number of rotatable bonds is 17. The Hall–Kier alpha value is -5.79. The van der Waals surface area contributed by atoms with Gasteiger partial charge in [-0.1, -0.05) is 24.8 Å². The maximum absolute atomic E-state index is 14.4. The van der Waals surface area contributed by atoms with Crippen LogP contribution in [0.5, 0.6) is 11.6 Å². The summed E-state index contributed by atoms with van der Waals surface area (Å²) in [5.41, 5.74) is 8.81. The summed E-state index contributed by atoms with van der Waals surface area (Å²) < 4.78 is 35.0. The van der Waals surface area contributed by atoms with Gasteiger partial charge in [-0.05, 0) is 101 Å². The van der Waals surface area contributed by atoms with Gasteiger partial charge in [0.1, 0.15) is 18.4 Å². The molecule has 4 aromatic rings. The number of carbonyl (C=O) groups excluding carboxylic acids is 4. The van der Waals surface area contributed by atoms with E-state index in [0.29, 0.717) is 53.8 Å². The molecular formula is C47H58FN7O8. The van der Waals surface area contributed by atoms with E-state index in [4.69, 9.17) is 19.9 Å². The molecule has 4 N–H and O–H groups in total. The molecule has 1 aliphatic carbocycles. The number of pyridine rings is 1. The summed E-state index contributed by atoms with van der Waals surface area (Å²) in [7, 11) is 5.31. The minimum atomic E-state index is -1.58. The first kappa shape index (κ1) is 45.2. The van der Waals surface area contributed by atoms with Gasteiger partial charge in [-0.25, -0.2) is 14.2 Å². The fraction of sp³-hybridized carbons (Fsp3) is 0.532. The molecule has 63 heavy (non-hydrogen) atoms. The zero-order valence-electron chi connectivity index (χ0n) is 36.5. The summed E-state index contributed by atoms with van der Waals surface area (Å²) in [5.74, 6) is 5.60. The molecular weight excluding hydrogens is 810 g/mol. The summed E-state index contributed by atoms with van der Waals surface area (Å²) in [6.07, 6.45) is 7.73. The van der Waals surface area contributed by atoms with E-state index >= 15 is 0 Å². The smallest absolute Gasteiger partial charge is 0.329 e. The molecule has 0 radical (unpaired) electrons. The van der Waals surface area contributed by atoms with Crippen molar-refractivity contribution in [1.82, 2.24) is 29.7 Å². The Labute approximate surface area is 366 Å². The average molecular weight is 868 g/mol. The van der Waals surface area contributed by atoms with Gasteiger partial charge < -0.3 is 30.2 Å². The maximum Gasteiger partial charge on any atom is 0.329 e. The number of hydrogen-bond acceptors (Lipinski definition) is 10. The second-order valence-electron chi connectivity index (χ2n) is 17.2. The number of imidazole rings is 1. The molecule has 15 nitrogen and oxygen atoms in total. The van der Waals surface area contributed by atoms with Crippen molar-refractivity contribution in [3.05, 3.63) is 63.7 Å². The van der Waals surface area contributed by atoms with Crippen LogP contribution in [0.2, 0.25) is 0 Å². The van der Waals surface area contributed by atoms with Crippen LogP contribution in [0.1, 0.15) is 92.2 Å². The van der Waals surface area contributed by atoms with E-state index in [1.807, 2.05) is 25.1 Å². The molecule has 2 aliphatic heterocycles. The van der Waals surface area contributed by atoms with Gasteiger partial charge in [0.2, 0.25) is 17.7 Å². The number of aromatic nitrogens is 3. The van der Waals surface area contributed by atoms with Gasteiger partial charge in [0, 0.05) is 68.6 Å². The molecule has 2 aromatic heterocycles. The van der Waals surface area contributed by atoms with Crippen molar-refractivity contribution in [2.45, 2.75) is 89.4 Å². The molecule has 0 spiro atoms. The summed E-state index contributed by atoms with van der Waals surface area (Å²) >= 11 is 0. The SMILES string of the molecule is CC[C@@H]1[C@H](F)C(=O)N[C@@H]1COc1ncc(C#C[C@H]2CC[C@H](CN(C)CCCOCCCc3ccc4c(c3)n(C)c(=O)n4C3CCC(=O)NC3=O)CC2)c2cc(C(N)=O)c(OC)cc12. The van der Waals surface area contributed by atoms with E-state index in [2.05, 4.69) is 39.4 Å². The molecule has 7 rings (SSSR count). The molecule has 4 amide bonds. The number of piperidine rings is 1. The molecule has 2 aromatic carbocycles. The van der Waals surface area contributed by atoms with Crippen LogP contribution in [0.3, 0.4) is 0 Å². The molecule has 0 bridgehead atoms. The fourth-order valence-electron chi connectivity index (χ4n) is 9.32. The first-order valence-electron chi connectivity index (χ1n) is 22.1. The lowest BCUT2D eigenvalue weighted by molar-refractivity contribution is -0.135. The number of amides is 4. The molecule has 336 valence electrons. The molecule has 2 saturated heterocycles. The van der Waals surface area contributed by atoms with Crippen LogP contribution in [0.25, 0.3) is 21.8 Å². The third kappa shape index (κ3) is 10.2. The summed E-state index contributed by atoms with van der Waals surface area (Å²) in [6.45, 7) is 5.14. The van der Waals surface area contributed by atoms with Crippen molar-refractivity contribution in [2.24, 2.45) is 30.5 Å². The van der Waals surface area contributed by atoms with E-state index in [0.717, 1.165) is 69.1 Å². The van der Waals surface area contributed by atoms with Gasteiger partial charge >= 0.3 is 5.69 Å². The molecule has 3 aliphatic rings. The lowest BCUT2D eigenvalue weighted by Crippen LogP contribution is -2.44. The molecule has 1 saturated carbocycles. The van der Waals surface area contributed by atoms with Gasteiger partial charge in [0.25, 0.3) is 11.8 Å². The Balaban J connectivity index is 0.851. The first-order valence-corrected chi connectivity index (χ1v) is 22.1. The Morgan fingerprint density at radius 1 is 1.02 bits per heavy atom. The molecule has 4 heterocycles. The summed E-state index contributed by atoms with van der Waals surface area (Å²) in [6, 6.07) is 7.98. The third-order valence-corrected chi connectivity index (χ3v) is 12.9. The second-order valence-corrected chi connectivity index (χ2v) is 17.2. The van der Waals surface area contributed by atoms with E-state index in [1.165, 1.54) is 11.7 Å². The van der Waals surface area contributed by atoms with E-state index in [1.54, 1.807) is 29.9 Å². The number of alkyl halides is 1. The number of fused-ring (bicyclic) bond motifs is 2. The Bertz CT molecular complexity index is 2480. The lowest BCUT2D eigenvalue weighted by atomic mass is 9.82. The number of hydrogen-bond donors (Lipinski definition) is 3. The zero-order chi connectivity index (χ0) is 44.8. The topological polar surface area (TPSA) is 189 Å². The Morgan fingerprint density at radius 2 is 1.79 bits per heavy atom. The van der Waals surface area contributed by atoms with Gasteiger partial charge in [0.05, 0.1) is 35.3 Å². The third-order valence-electron chi connectivity index (χ3n) is 12.9. The van der Waals surface area contributed by atoms with Crippen LogP contribution in [0.4, 0.5) is 4.39 Å². The Kier molecular flexibility index (Phi) is 14.5. The largest absolute Gasteiger partial charge is 0.496 e. The minimum absolute atomic E-state index is 0.0321. The van der Waals surface area contributed by atoms with Gasteiger partial charge in [-0.15, -0.1) is 0 Å². The van der Waals surface area contributed by atoms with Crippen LogP contribution >= 0.6 is 0 Å². The van der Waals surface area contributed by atoms with Crippen LogP contribution in [0, 0.1) is 29.6 Å². The number of nitrogens with zero attached hydrogens (tertiary/aromatic N) is 4. The highest BCUT2D eigenvalue weighted by atomic mass is 19.1.